The SMILES string of the molecule is CC(=O)CCCN(CC(=O)Nc1cccc(Cl)n1)C(=O)Cn1nc(C(N)=O)c2ccccc21. The average Bonchev–Trinajstić information content (AvgIpc) is 3.11. The smallest absolute Gasteiger partial charge is 0.269 e. The van der Waals surface area contributed by atoms with Crippen LogP contribution in [0.25, 0.3) is 10.9 Å². The number of ketones is 1. The molecule has 0 bridgehead atoms. The van der Waals surface area contributed by atoms with E-state index in [9.17, 15) is 19.2 Å². The summed E-state index contributed by atoms with van der Waals surface area (Å²) in [6.45, 7) is 1.19. The third-order valence-corrected chi connectivity index (χ3v) is 5.01. The Hall–Kier alpha value is -3.79. The number of primary amides is 1. The molecule has 0 fully saturated rings. The molecule has 3 aromatic rings. The topological polar surface area (TPSA) is 140 Å². The second-order valence-electron chi connectivity index (χ2n) is 7.40. The van der Waals surface area contributed by atoms with E-state index in [0.29, 0.717) is 17.3 Å². The molecule has 0 saturated carbocycles. The number of Topliss-reactive ketones (excluding diaryl/α,β-unsaturated/α-hetero) is 1. The van der Waals surface area contributed by atoms with Gasteiger partial charge < -0.3 is 20.7 Å². The van der Waals surface area contributed by atoms with Gasteiger partial charge in [0, 0.05) is 18.4 Å². The van der Waals surface area contributed by atoms with Crippen LogP contribution in [0.1, 0.15) is 30.3 Å². The Morgan fingerprint density at radius 2 is 1.88 bits per heavy atom. The van der Waals surface area contributed by atoms with Gasteiger partial charge in [0.2, 0.25) is 11.8 Å². The lowest BCUT2D eigenvalue weighted by atomic mass is 10.2. The molecule has 0 saturated heterocycles. The van der Waals surface area contributed by atoms with Crippen molar-refractivity contribution in [2.45, 2.75) is 26.3 Å². The molecule has 10 nitrogen and oxygen atoms in total. The van der Waals surface area contributed by atoms with Gasteiger partial charge in [0.05, 0.1) is 12.1 Å². The van der Waals surface area contributed by atoms with Crippen molar-refractivity contribution in [3.63, 3.8) is 0 Å². The van der Waals surface area contributed by atoms with Crippen LogP contribution in [0.5, 0.6) is 0 Å². The van der Waals surface area contributed by atoms with E-state index in [0.717, 1.165) is 0 Å². The Morgan fingerprint density at radius 3 is 2.58 bits per heavy atom. The number of halogens is 1. The van der Waals surface area contributed by atoms with Crippen molar-refractivity contribution in [1.82, 2.24) is 19.7 Å². The van der Waals surface area contributed by atoms with E-state index in [1.54, 1.807) is 42.5 Å². The Bertz CT molecular complexity index is 1210. The van der Waals surface area contributed by atoms with Gasteiger partial charge in [-0.1, -0.05) is 35.9 Å². The largest absolute Gasteiger partial charge is 0.364 e. The number of fused-ring (bicyclic) bond motifs is 1. The van der Waals surface area contributed by atoms with Crippen molar-refractivity contribution < 1.29 is 19.2 Å². The van der Waals surface area contributed by atoms with E-state index in [2.05, 4.69) is 15.4 Å². The molecule has 0 unspecified atom stereocenters. The summed E-state index contributed by atoms with van der Waals surface area (Å²) in [7, 11) is 0. The summed E-state index contributed by atoms with van der Waals surface area (Å²) in [5.74, 6) is -1.34. The van der Waals surface area contributed by atoms with Crippen LogP contribution in [0.2, 0.25) is 5.15 Å². The molecule has 2 heterocycles. The summed E-state index contributed by atoms with van der Waals surface area (Å²) in [5, 5.41) is 7.55. The molecule has 0 radical (unpaired) electrons. The van der Waals surface area contributed by atoms with Gasteiger partial charge in [-0.05, 0) is 31.5 Å². The highest BCUT2D eigenvalue weighted by Crippen LogP contribution is 2.18. The van der Waals surface area contributed by atoms with E-state index >= 15 is 0 Å². The predicted octanol–water partition coefficient (Wildman–Crippen LogP) is 2.02. The highest BCUT2D eigenvalue weighted by molar-refractivity contribution is 6.29. The minimum absolute atomic E-state index is 0.0147. The van der Waals surface area contributed by atoms with E-state index in [-0.39, 0.29) is 48.5 Å². The van der Waals surface area contributed by atoms with Crippen molar-refractivity contribution in [2.75, 3.05) is 18.4 Å². The maximum Gasteiger partial charge on any atom is 0.269 e. The number of benzene rings is 1. The Balaban J connectivity index is 1.77. The fourth-order valence-corrected chi connectivity index (χ4v) is 3.47. The second-order valence-corrected chi connectivity index (χ2v) is 7.79. The molecule has 1 aromatic carbocycles. The summed E-state index contributed by atoms with van der Waals surface area (Å²) < 4.78 is 1.38. The number of carbonyl (C=O) groups is 4. The van der Waals surface area contributed by atoms with E-state index < -0.39 is 17.7 Å². The quantitative estimate of drug-likeness (QED) is 0.434. The van der Waals surface area contributed by atoms with Gasteiger partial charge in [-0.25, -0.2) is 4.98 Å². The number of nitrogens with one attached hydrogen (secondary N) is 1. The molecular formula is C22H23ClN6O4. The fraction of sp³-hybridized carbons (Fsp3) is 0.273. The predicted molar refractivity (Wildman–Crippen MR) is 123 cm³/mol. The third kappa shape index (κ3) is 6.36. The van der Waals surface area contributed by atoms with E-state index in [1.165, 1.54) is 16.5 Å². The summed E-state index contributed by atoms with van der Waals surface area (Å²) in [4.78, 5) is 54.1. The second kappa shape index (κ2) is 10.7. The van der Waals surface area contributed by atoms with Crippen molar-refractivity contribution in [3.8, 4) is 0 Å². The molecule has 33 heavy (non-hydrogen) atoms. The maximum absolute atomic E-state index is 13.1. The molecule has 2 aromatic heterocycles. The van der Waals surface area contributed by atoms with Gasteiger partial charge in [-0.15, -0.1) is 0 Å². The van der Waals surface area contributed by atoms with Crippen molar-refractivity contribution >= 4 is 51.8 Å². The Labute approximate surface area is 194 Å². The lowest BCUT2D eigenvalue weighted by Crippen LogP contribution is -2.40. The van der Waals surface area contributed by atoms with Crippen LogP contribution in [0, 0.1) is 0 Å². The number of nitrogens with two attached hydrogens (primary N) is 1. The first-order chi connectivity index (χ1) is 15.7. The average molecular weight is 471 g/mol. The minimum Gasteiger partial charge on any atom is -0.364 e. The number of pyridine rings is 1. The van der Waals surface area contributed by atoms with Crippen molar-refractivity contribution in [3.05, 3.63) is 53.3 Å². The molecular weight excluding hydrogens is 448 g/mol. The maximum atomic E-state index is 13.1. The molecule has 0 spiro atoms. The minimum atomic E-state index is -0.705. The standard InChI is InChI=1S/C22H23ClN6O4/c1-14(30)6-5-11-28(12-19(31)26-18-10-4-9-17(23)25-18)20(32)13-29-16-8-3-2-7-15(16)21(27-29)22(24)33/h2-4,7-10H,5-6,11-13H2,1H3,(H2,24,33)(H,25,26,31). The van der Waals surface area contributed by atoms with Gasteiger partial charge in [-0.3, -0.25) is 19.1 Å². The number of aromatic nitrogens is 3. The van der Waals surface area contributed by atoms with E-state index in [1.807, 2.05) is 0 Å². The van der Waals surface area contributed by atoms with Gasteiger partial charge in [-0.2, -0.15) is 5.10 Å². The Kier molecular flexibility index (Phi) is 7.73. The summed E-state index contributed by atoms with van der Waals surface area (Å²) in [6, 6.07) is 11.7. The third-order valence-electron chi connectivity index (χ3n) is 4.80. The van der Waals surface area contributed by atoms with Gasteiger partial charge in [0.25, 0.3) is 5.91 Å². The van der Waals surface area contributed by atoms with Crippen LogP contribution in [0.4, 0.5) is 5.82 Å². The molecule has 0 aliphatic heterocycles. The van der Waals surface area contributed by atoms with Crippen LogP contribution in [-0.2, 0) is 20.9 Å². The number of hydrogen-bond acceptors (Lipinski definition) is 6. The molecule has 3 rings (SSSR count). The lowest BCUT2D eigenvalue weighted by molar-refractivity contribution is -0.135. The first-order valence-electron chi connectivity index (χ1n) is 10.2. The zero-order valence-corrected chi connectivity index (χ0v) is 18.7. The number of anilines is 1. The monoisotopic (exact) mass is 470 g/mol. The molecule has 0 atom stereocenters. The van der Waals surface area contributed by atoms with Crippen LogP contribution in [0.15, 0.2) is 42.5 Å². The van der Waals surface area contributed by atoms with Crippen LogP contribution in [0.3, 0.4) is 0 Å². The number of carbonyl (C=O) groups excluding carboxylic acids is 4. The highest BCUT2D eigenvalue weighted by atomic mass is 35.5. The van der Waals surface area contributed by atoms with Gasteiger partial charge in [0.1, 0.15) is 23.3 Å². The molecule has 3 N–H and O–H groups in total. The molecule has 0 aliphatic rings. The van der Waals surface area contributed by atoms with Crippen molar-refractivity contribution in [2.24, 2.45) is 5.73 Å². The highest BCUT2D eigenvalue weighted by Gasteiger charge is 2.21. The molecule has 0 aliphatic carbocycles. The first-order valence-corrected chi connectivity index (χ1v) is 10.6. The van der Waals surface area contributed by atoms with Gasteiger partial charge in [0.15, 0.2) is 5.69 Å². The van der Waals surface area contributed by atoms with Crippen LogP contribution in [-0.4, -0.2) is 56.3 Å². The van der Waals surface area contributed by atoms with Gasteiger partial charge >= 0.3 is 0 Å². The molecule has 172 valence electrons. The number of amides is 3. The number of para-hydroxylation sites is 1. The summed E-state index contributed by atoms with van der Waals surface area (Å²) in [6.07, 6.45) is 0.675. The van der Waals surface area contributed by atoms with E-state index in [4.69, 9.17) is 17.3 Å². The summed E-state index contributed by atoms with van der Waals surface area (Å²) >= 11 is 5.84. The normalized spacial score (nSPS) is 10.7. The Morgan fingerprint density at radius 1 is 1.12 bits per heavy atom. The zero-order valence-electron chi connectivity index (χ0n) is 18.0. The van der Waals surface area contributed by atoms with Crippen molar-refractivity contribution in [1.29, 1.82) is 0 Å². The molecule has 3 amide bonds. The fourth-order valence-electron chi connectivity index (χ4n) is 3.30. The van der Waals surface area contributed by atoms with Crippen LogP contribution >= 0.6 is 11.6 Å². The first kappa shape index (κ1) is 23.9. The molecule has 11 heteroatoms. The summed E-state index contributed by atoms with van der Waals surface area (Å²) in [5.41, 5.74) is 6.04. The number of nitrogens with zero attached hydrogens (tertiary/aromatic N) is 4. The number of rotatable bonds is 10. The number of hydrogen-bond donors (Lipinski definition) is 2. The zero-order chi connectivity index (χ0) is 24.0. The van der Waals surface area contributed by atoms with Crippen LogP contribution < -0.4 is 11.1 Å². The lowest BCUT2D eigenvalue weighted by Gasteiger charge is -2.22.